The lowest BCUT2D eigenvalue weighted by atomic mass is 10.0. The number of benzene rings is 1. The van der Waals surface area contributed by atoms with E-state index in [9.17, 15) is 24.2 Å². The van der Waals surface area contributed by atoms with Crippen LogP contribution >= 0.6 is 11.8 Å². The van der Waals surface area contributed by atoms with Crippen LogP contribution in [0, 0.1) is 11.7 Å². The second-order valence-electron chi connectivity index (χ2n) is 7.24. The van der Waals surface area contributed by atoms with Crippen molar-refractivity contribution in [1.82, 2.24) is 0 Å². The van der Waals surface area contributed by atoms with Crippen LogP contribution in [-0.2, 0) is 14.3 Å². The van der Waals surface area contributed by atoms with Crippen molar-refractivity contribution in [2.24, 2.45) is 5.92 Å². The zero-order chi connectivity index (χ0) is 21.9. The number of ether oxygens (including phenoxy) is 2. The van der Waals surface area contributed by atoms with Gasteiger partial charge in [0.2, 0.25) is 0 Å². The van der Waals surface area contributed by atoms with Gasteiger partial charge in [-0.3, -0.25) is 9.59 Å². The lowest BCUT2D eigenvalue weighted by Gasteiger charge is -2.21. The first-order valence-corrected chi connectivity index (χ1v) is 11.1. The molecule has 6 nitrogen and oxygen atoms in total. The Morgan fingerprint density at radius 3 is 2.77 bits per heavy atom. The van der Waals surface area contributed by atoms with E-state index >= 15 is 0 Å². The Morgan fingerprint density at radius 2 is 2.07 bits per heavy atom. The number of Topliss-reactive ketones (excluding diaryl/α,β-unsaturated/α-hetero) is 1. The Kier molecular flexibility index (Phi) is 10.3. The molecular weight excluding hydrogens is 411 g/mol. The molecule has 0 bridgehead atoms. The first kappa shape index (κ1) is 24.4. The van der Waals surface area contributed by atoms with Gasteiger partial charge in [0, 0.05) is 29.8 Å². The number of halogens is 1. The van der Waals surface area contributed by atoms with Gasteiger partial charge < -0.3 is 19.7 Å². The van der Waals surface area contributed by atoms with Crippen molar-refractivity contribution < 1.29 is 33.7 Å². The fourth-order valence-corrected chi connectivity index (χ4v) is 4.59. The van der Waals surface area contributed by atoms with Gasteiger partial charge in [0.1, 0.15) is 24.0 Å². The molecule has 2 N–H and O–H groups in total. The summed E-state index contributed by atoms with van der Waals surface area (Å²) in [5, 5.41) is 20.1. The highest BCUT2D eigenvalue weighted by molar-refractivity contribution is 8.00. The minimum Gasteiger partial charge on any atom is -0.491 e. The summed E-state index contributed by atoms with van der Waals surface area (Å²) in [6, 6.07) is 5.54. The number of unbranched alkanes of at least 4 members (excludes halogenated alkanes) is 1. The highest BCUT2D eigenvalue weighted by Gasteiger charge is 2.41. The first-order chi connectivity index (χ1) is 14.4. The summed E-state index contributed by atoms with van der Waals surface area (Å²) in [7, 11) is 1.36. The maximum absolute atomic E-state index is 12.9. The number of hydrogen-bond acceptors (Lipinski definition) is 7. The van der Waals surface area contributed by atoms with Gasteiger partial charge >= 0.3 is 5.97 Å². The zero-order valence-electron chi connectivity index (χ0n) is 17.0. The molecule has 0 amide bonds. The van der Waals surface area contributed by atoms with E-state index in [1.807, 2.05) is 12.2 Å². The zero-order valence-corrected chi connectivity index (χ0v) is 17.9. The largest absolute Gasteiger partial charge is 0.491 e. The standard InChI is InChI=1S/C22H29FO6S/c1-28-21(27)7-5-3-2-4-6-18-19(25)12-20(26)22(18)30-14-16(24)13-29-17-10-8-15(23)9-11-17/h2,4,8-11,16,18,20,22,24,26H,3,5-7,12-14H2,1H3. The van der Waals surface area contributed by atoms with E-state index < -0.39 is 12.2 Å². The van der Waals surface area contributed by atoms with Gasteiger partial charge in [-0.1, -0.05) is 12.2 Å². The van der Waals surface area contributed by atoms with Gasteiger partial charge in [-0.05, 0) is 43.5 Å². The monoisotopic (exact) mass is 440 g/mol. The molecule has 1 aromatic rings. The summed E-state index contributed by atoms with van der Waals surface area (Å²) in [5.41, 5.74) is 0. The molecule has 30 heavy (non-hydrogen) atoms. The number of aliphatic hydroxyl groups excluding tert-OH is 2. The second-order valence-corrected chi connectivity index (χ2v) is 8.45. The van der Waals surface area contributed by atoms with Crippen molar-refractivity contribution in [2.75, 3.05) is 19.5 Å². The van der Waals surface area contributed by atoms with Gasteiger partial charge in [-0.2, -0.15) is 11.8 Å². The van der Waals surface area contributed by atoms with Crippen molar-refractivity contribution in [1.29, 1.82) is 0 Å². The number of esters is 1. The molecule has 0 spiro atoms. The maximum Gasteiger partial charge on any atom is 0.305 e. The first-order valence-electron chi connectivity index (χ1n) is 10.0. The second kappa shape index (κ2) is 12.7. The van der Waals surface area contributed by atoms with E-state index in [1.54, 1.807) is 0 Å². The molecule has 0 heterocycles. The minimum atomic E-state index is -0.780. The lowest BCUT2D eigenvalue weighted by molar-refractivity contribution is -0.140. The molecule has 166 valence electrons. The molecule has 4 unspecified atom stereocenters. The third kappa shape index (κ3) is 8.08. The molecule has 0 radical (unpaired) electrons. The third-order valence-corrected chi connectivity index (χ3v) is 6.48. The summed E-state index contributed by atoms with van der Waals surface area (Å²) in [4.78, 5) is 23.3. The number of ketones is 1. The van der Waals surface area contributed by atoms with Crippen molar-refractivity contribution in [3.63, 3.8) is 0 Å². The number of thioether (sulfide) groups is 1. The van der Waals surface area contributed by atoms with Gasteiger partial charge in [-0.25, -0.2) is 4.39 Å². The molecule has 0 aliphatic heterocycles. The molecule has 2 rings (SSSR count). The number of carbonyl (C=O) groups excluding carboxylic acids is 2. The van der Waals surface area contributed by atoms with E-state index in [2.05, 4.69) is 4.74 Å². The normalized spacial score (nSPS) is 22.4. The smallest absolute Gasteiger partial charge is 0.305 e. The van der Waals surface area contributed by atoms with Gasteiger partial charge in [0.25, 0.3) is 0 Å². The maximum atomic E-state index is 12.9. The predicted molar refractivity (Wildman–Crippen MR) is 113 cm³/mol. The van der Waals surface area contributed by atoms with Crippen molar-refractivity contribution in [3.05, 3.63) is 42.2 Å². The average molecular weight is 441 g/mol. The number of carbonyl (C=O) groups is 2. The van der Waals surface area contributed by atoms with E-state index in [1.165, 1.54) is 43.1 Å². The summed E-state index contributed by atoms with van der Waals surface area (Å²) < 4.78 is 22.9. The molecule has 8 heteroatoms. The highest BCUT2D eigenvalue weighted by Crippen LogP contribution is 2.35. The Bertz CT molecular complexity index is 708. The molecule has 0 aromatic heterocycles. The van der Waals surface area contributed by atoms with Crippen LogP contribution in [0.1, 0.15) is 32.1 Å². The van der Waals surface area contributed by atoms with Crippen LogP contribution in [0.4, 0.5) is 4.39 Å². The van der Waals surface area contributed by atoms with Crippen molar-refractivity contribution in [3.8, 4) is 5.75 Å². The predicted octanol–water partition coefficient (Wildman–Crippen LogP) is 2.91. The summed E-state index contributed by atoms with van der Waals surface area (Å²) in [6.45, 7) is 0.0418. The topological polar surface area (TPSA) is 93.1 Å². The van der Waals surface area contributed by atoms with Crippen LogP contribution in [0.2, 0.25) is 0 Å². The Balaban J connectivity index is 1.74. The molecule has 1 aliphatic rings. The number of methoxy groups -OCH3 is 1. The van der Waals surface area contributed by atoms with E-state index in [0.717, 1.165) is 6.42 Å². The molecular formula is C22H29FO6S. The molecule has 1 aliphatic carbocycles. The van der Waals surface area contributed by atoms with Crippen LogP contribution in [0.15, 0.2) is 36.4 Å². The lowest BCUT2D eigenvalue weighted by Crippen LogP contribution is -2.27. The van der Waals surface area contributed by atoms with Gasteiger partial charge in [-0.15, -0.1) is 0 Å². The average Bonchev–Trinajstić information content (AvgIpc) is 3.00. The summed E-state index contributed by atoms with van der Waals surface area (Å²) in [6.07, 6.45) is 4.75. The quantitative estimate of drug-likeness (QED) is 0.293. The van der Waals surface area contributed by atoms with Crippen LogP contribution in [0.25, 0.3) is 0 Å². The molecule has 1 saturated carbocycles. The Hall–Kier alpha value is -1.90. The molecule has 1 aromatic carbocycles. The SMILES string of the molecule is COC(=O)CCCC=CCC1C(=O)CC(O)C1SCC(O)COc1ccc(F)cc1. The minimum absolute atomic E-state index is 0.0243. The van der Waals surface area contributed by atoms with Crippen LogP contribution < -0.4 is 4.74 Å². The van der Waals surface area contributed by atoms with Crippen LogP contribution in [0.3, 0.4) is 0 Å². The Morgan fingerprint density at radius 1 is 1.33 bits per heavy atom. The number of aliphatic hydroxyl groups is 2. The van der Waals surface area contributed by atoms with Gasteiger partial charge in [0.05, 0.1) is 19.3 Å². The number of allylic oxidation sites excluding steroid dienone is 2. The summed E-state index contributed by atoms with van der Waals surface area (Å²) in [5.74, 6) is -0.0943. The highest BCUT2D eigenvalue weighted by atomic mass is 32.2. The Labute approximate surface area is 180 Å². The fourth-order valence-electron chi connectivity index (χ4n) is 3.24. The van der Waals surface area contributed by atoms with Crippen LogP contribution in [-0.4, -0.2) is 58.9 Å². The number of hydrogen-bond donors (Lipinski definition) is 2. The van der Waals surface area contributed by atoms with Crippen molar-refractivity contribution >= 4 is 23.5 Å². The van der Waals surface area contributed by atoms with Crippen molar-refractivity contribution in [2.45, 2.75) is 49.6 Å². The van der Waals surface area contributed by atoms with E-state index in [-0.39, 0.29) is 41.8 Å². The summed E-state index contributed by atoms with van der Waals surface area (Å²) >= 11 is 1.37. The fraction of sp³-hybridized carbons (Fsp3) is 0.545. The van der Waals surface area contributed by atoms with E-state index in [0.29, 0.717) is 30.8 Å². The molecule has 1 fully saturated rings. The molecule has 0 saturated heterocycles. The third-order valence-electron chi connectivity index (χ3n) is 4.87. The van der Waals surface area contributed by atoms with Gasteiger partial charge in [0.15, 0.2) is 0 Å². The van der Waals surface area contributed by atoms with Crippen LogP contribution in [0.5, 0.6) is 5.75 Å². The molecule has 4 atom stereocenters. The number of rotatable bonds is 12. The van der Waals surface area contributed by atoms with E-state index in [4.69, 9.17) is 4.74 Å².